The maximum absolute atomic E-state index is 13.9. The van der Waals surface area contributed by atoms with E-state index in [0.717, 1.165) is 32.6 Å². The first-order valence-corrected chi connectivity index (χ1v) is 12.8. The molecule has 3 heterocycles. The molecule has 0 fully saturated rings. The first-order chi connectivity index (χ1) is 15.6. The molecule has 1 atom stereocenters. The molecule has 5 aromatic rings. The Bertz CT molecular complexity index is 1490. The van der Waals surface area contributed by atoms with E-state index in [1.807, 2.05) is 51.1 Å². The van der Waals surface area contributed by atoms with E-state index in [0.29, 0.717) is 20.5 Å². The van der Waals surface area contributed by atoms with Gasteiger partial charge >= 0.3 is 0 Å². The molecular formula is C24H15ClN2O2S3. The molecule has 0 bridgehead atoms. The molecule has 0 spiro atoms. The van der Waals surface area contributed by atoms with Gasteiger partial charge in [0, 0.05) is 21.5 Å². The van der Waals surface area contributed by atoms with Crippen molar-refractivity contribution < 1.29 is 8.95 Å². The quantitative estimate of drug-likeness (QED) is 0.259. The zero-order chi connectivity index (χ0) is 22.2. The normalized spacial score (nSPS) is 12.0. The number of halogens is 1. The predicted octanol–water partition coefficient (Wildman–Crippen LogP) is 7.20. The minimum Gasteiger partial charge on any atom is -0.497 e. The van der Waals surface area contributed by atoms with E-state index in [1.54, 1.807) is 42.7 Å². The number of hydrogen-bond acceptors (Lipinski definition) is 5. The Morgan fingerprint density at radius 2 is 1.88 bits per heavy atom. The van der Waals surface area contributed by atoms with Gasteiger partial charge in [0.15, 0.2) is 11.0 Å². The van der Waals surface area contributed by atoms with Crippen molar-refractivity contribution in [2.24, 2.45) is 0 Å². The molecule has 0 aliphatic heterocycles. The summed E-state index contributed by atoms with van der Waals surface area (Å²) < 4.78 is 21.3. The molecular weight excluding hydrogens is 480 g/mol. The minimum atomic E-state index is -1.54. The highest BCUT2D eigenvalue weighted by molar-refractivity contribution is 7.83. The fraction of sp³-hybridized carbons (Fsp3) is 0.0417. The van der Waals surface area contributed by atoms with Gasteiger partial charge in [-0.15, -0.1) is 22.7 Å². The zero-order valence-corrected chi connectivity index (χ0v) is 19.9. The molecule has 0 saturated carbocycles. The van der Waals surface area contributed by atoms with Crippen LogP contribution in [0, 0.1) is 11.3 Å². The average Bonchev–Trinajstić information content (AvgIpc) is 3.56. The summed E-state index contributed by atoms with van der Waals surface area (Å²) in [7, 11) is 0.0809. The second kappa shape index (κ2) is 8.57. The predicted molar refractivity (Wildman–Crippen MR) is 133 cm³/mol. The molecule has 5 rings (SSSR count). The fourth-order valence-corrected chi connectivity index (χ4v) is 6.61. The fourth-order valence-electron chi connectivity index (χ4n) is 3.70. The maximum atomic E-state index is 13.9. The number of thiophene rings is 2. The number of nitriles is 1. The molecule has 3 aromatic heterocycles. The van der Waals surface area contributed by atoms with Gasteiger partial charge in [-0.3, -0.25) is 3.97 Å². The maximum Gasteiger partial charge on any atom is 0.157 e. The third-order valence-electron chi connectivity index (χ3n) is 5.10. The van der Waals surface area contributed by atoms with Crippen molar-refractivity contribution in [3.63, 3.8) is 0 Å². The minimum absolute atomic E-state index is 0.587. The molecule has 8 heteroatoms. The highest BCUT2D eigenvalue weighted by atomic mass is 35.5. The number of fused-ring (bicyclic) bond motifs is 1. The van der Waals surface area contributed by atoms with E-state index in [9.17, 15) is 9.47 Å². The number of nitrogens with zero attached hydrogens (tertiary/aromatic N) is 2. The van der Waals surface area contributed by atoms with Gasteiger partial charge in [0.25, 0.3) is 0 Å². The van der Waals surface area contributed by atoms with E-state index >= 15 is 0 Å². The number of aromatic nitrogens is 1. The molecule has 0 aliphatic rings. The van der Waals surface area contributed by atoms with Gasteiger partial charge in [0.1, 0.15) is 16.7 Å². The largest absolute Gasteiger partial charge is 0.497 e. The standard InChI is InChI=1S/C24H15ClN2O2S3/c1-29-16-6-9-20-19(13-16)23(18-10-12-31-22(18)14-26)24(21-3-2-11-30-21)27(20)32(28)17-7-4-15(25)5-8-17/h2-13H,1H3. The van der Waals surface area contributed by atoms with Gasteiger partial charge in [-0.1, -0.05) is 17.7 Å². The lowest BCUT2D eigenvalue weighted by atomic mass is 10.0. The summed E-state index contributed by atoms with van der Waals surface area (Å²) in [6, 6.07) is 21.0. The molecule has 0 N–H and O–H groups in total. The molecule has 0 radical (unpaired) electrons. The molecule has 1 unspecified atom stereocenters. The lowest BCUT2D eigenvalue weighted by Gasteiger charge is -2.11. The van der Waals surface area contributed by atoms with Crippen LogP contribution in [0.3, 0.4) is 0 Å². The summed E-state index contributed by atoms with van der Waals surface area (Å²) >= 11 is 9.02. The number of rotatable bonds is 5. The van der Waals surface area contributed by atoms with E-state index in [2.05, 4.69) is 6.07 Å². The van der Waals surface area contributed by atoms with Crippen molar-refractivity contribution in [2.45, 2.75) is 4.90 Å². The van der Waals surface area contributed by atoms with Crippen LogP contribution in [0.25, 0.3) is 32.6 Å². The van der Waals surface area contributed by atoms with Crippen LogP contribution >= 0.6 is 34.3 Å². The third-order valence-corrected chi connectivity index (χ3v) is 8.44. The van der Waals surface area contributed by atoms with Crippen LogP contribution in [0.1, 0.15) is 4.88 Å². The van der Waals surface area contributed by atoms with Crippen molar-refractivity contribution >= 4 is 56.2 Å². The molecule has 0 aliphatic carbocycles. The zero-order valence-electron chi connectivity index (χ0n) is 16.7. The lowest BCUT2D eigenvalue weighted by Crippen LogP contribution is -2.06. The summed E-state index contributed by atoms with van der Waals surface area (Å²) in [6.07, 6.45) is 0. The van der Waals surface area contributed by atoms with Crippen molar-refractivity contribution in [3.8, 4) is 33.5 Å². The van der Waals surface area contributed by atoms with Crippen LogP contribution in [-0.2, 0) is 11.0 Å². The van der Waals surface area contributed by atoms with Gasteiger partial charge in [0.2, 0.25) is 0 Å². The highest BCUT2D eigenvalue weighted by Crippen LogP contribution is 2.46. The summed E-state index contributed by atoms with van der Waals surface area (Å²) in [5.74, 6) is 0.694. The van der Waals surface area contributed by atoms with E-state index in [1.165, 1.54) is 11.3 Å². The van der Waals surface area contributed by atoms with Gasteiger partial charge in [0.05, 0.1) is 28.1 Å². The highest BCUT2D eigenvalue weighted by Gasteiger charge is 2.26. The van der Waals surface area contributed by atoms with Crippen molar-refractivity contribution in [2.75, 3.05) is 7.11 Å². The van der Waals surface area contributed by atoms with Crippen LogP contribution in [0.5, 0.6) is 5.75 Å². The van der Waals surface area contributed by atoms with Gasteiger partial charge in [-0.25, -0.2) is 4.21 Å². The van der Waals surface area contributed by atoms with Crippen molar-refractivity contribution in [1.29, 1.82) is 5.26 Å². The Kier molecular flexibility index (Phi) is 5.62. The lowest BCUT2D eigenvalue weighted by molar-refractivity contribution is 0.415. The van der Waals surface area contributed by atoms with Crippen molar-refractivity contribution in [3.05, 3.63) is 81.3 Å². The first-order valence-electron chi connectivity index (χ1n) is 9.54. The Balaban J connectivity index is 1.92. The van der Waals surface area contributed by atoms with Crippen LogP contribution in [-0.4, -0.2) is 15.3 Å². The summed E-state index contributed by atoms with van der Waals surface area (Å²) in [5, 5.41) is 15.1. The van der Waals surface area contributed by atoms with Crippen LogP contribution < -0.4 is 4.74 Å². The van der Waals surface area contributed by atoms with E-state index in [4.69, 9.17) is 16.3 Å². The summed E-state index contributed by atoms with van der Waals surface area (Å²) in [6.45, 7) is 0. The molecule has 158 valence electrons. The topological polar surface area (TPSA) is 55.0 Å². The second-order valence-electron chi connectivity index (χ2n) is 6.86. The SMILES string of the molecule is COc1ccc2c(c1)c(-c1ccsc1C#N)c(-c1cccs1)n2S(=O)c1ccc(Cl)cc1. The molecule has 0 amide bonds. The monoisotopic (exact) mass is 494 g/mol. The Hall–Kier alpha value is -2.89. The van der Waals surface area contributed by atoms with Crippen LogP contribution in [0.15, 0.2) is 76.3 Å². The summed E-state index contributed by atoms with van der Waals surface area (Å²) in [4.78, 5) is 2.21. The molecule has 2 aromatic carbocycles. The number of methoxy groups -OCH3 is 1. The second-order valence-corrected chi connectivity index (χ2v) is 10.5. The number of ether oxygens (including phenoxy) is 1. The molecule has 32 heavy (non-hydrogen) atoms. The van der Waals surface area contributed by atoms with Gasteiger partial charge in [-0.2, -0.15) is 5.26 Å². The van der Waals surface area contributed by atoms with E-state index in [-0.39, 0.29) is 0 Å². The number of benzene rings is 2. The number of hydrogen-bond donors (Lipinski definition) is 0. The van der Waals surface area contributed by atoms with Crippen molar-refractivity contribution in [1.82, 2.24) is 3.97 Å². The van der Waals surface area contributed by atoms with Crippen LogP contribution in [0.2, 0.25) is 5.02 Å². The first kappa shape index (κ1) is 21.0. The third kappa shape index (κ3) is 3.46. The van der Waals surface area contributed by atoms with Gasteiger partial charge in [-0.05, 0) is 65.4 Å². The smallest absolute Gasteiger partial charge is 0.157 e. The van der Waals surface area contributed by atoms with Crippen LogP contribution in [0.4, 0.5) is 0 Å². The molecule has 4 nitrogen and oxygen atoms in total. The van der Waals surface area contributed by atoms with E-state index < -0.39 is 11.0 Å². The molecule has 0 saturated heterocycles. The Morgan fingerprint density at radius 3 is 2.56 bits per heavy atom. The Labute approximate surface area is 200 Å². The Morgan fingerprint density at radius 1 is 1.06 bits per heavy atom. The van der Waals surface area contributed by atoms with Gasteiger partial charge < -0.3 is 4.74 Å². The summed E-state index contributed by atoms with van der Waals surface area (Å²) in [5.41, 5.74) is 3.31. The average molecular weight is 495 g/mol.